The van der Waals surface area contributed by atoms with Crippen molar-refractivity contribution in [1.82, 2.24) is 24.6 Å². The molecule has 4 heterocycles. The molecule has 1 aliphatic rings. The Labute approximate surface area is 205 Å². The second-order valence-corrected chi connectivity index (χ2v) is 8.92. The molecule has 0 amide bonds. The summed E-state index contributed by atoms with van der Waals surface area (Å²) in [6.45, 7) is 4.75. The van der Waals surface area contributed by atoms with Crippen LogP contribution in [0.4, 0.5) is 0 Å². The molecule has 0 radical (unpaired) electrons. The Balaban J connectivity index is 1.58. The predicted molar refractivity (Wildman–Crippen MR) is 136 cm³/mol. The molecule has 3 aromatic heterocycles. The lowest BCUT2D eigenvalue weighted by molar-refractivity contribution is 0.0344. The van der Waals surface area contributed by atoms with E-state index in [1.165, 1.54) is 5.56 Å². The van der Waals surface area contributed by atoms with Crippen LogP contribution < -0.4 is 5.73 Å². The molecule has 0 atom stereocenters. The predicted octanol–water partition coefficient (Wildman–Crippen LogP) is 3.09. The number of aromatic nitrogens is 4. The second-order valence-electron chi connectivity index (χ2n) is 8.92. The fourth-order valence-electron chi connectivity index (χ4n) is 4.56. The molecule has 0 saturated carbocycles. The number of pyridine rings is 2. The van der Waals surface area contributed by atoms with E-state index in [9.17, 15) is 5.11 Å². The Morgan fingerprint density at radius 1 is 0.971 bits per heavy atom. The van der Waals surface area contributed by atoms with Crippen LogP contribution in [0.15, 0.2) is 54.7 Å². The van der Waals surface area contributed by atoms with Gasteiger partial charge in [-0.25, -0.2) is 9.67 Å². The van der Waals surface area contributed by atoms with Gasteiger partial charge in [0, 0.05) is 36.3 Å². The lowest BCUT2D eigenvalue weighted by Crippen LogP contribution is -2.35. The monoisotopic (exact) mass is 472 g/mol. The second kappa shape index (κ2) is 11.0. The number of benzene rings is 1. The Morgan fingerprint density at radius 3 is 2.63 bits per heavy atom. The van der Waals surface area contributed by atoms with Gasteiger partial charge in [0.05, 0.1) is 42.9 Å². The van der Waals surface area contributed by atoms with E-state index in [1.807, 2.05) is 29.1 Å². The maximum Gasteiger partial charge on any atom is 0.154 e. The van der Waals surface area contributed by atoms with E-state index in [0.717, 1.165) is 80.0 Å². The van der Waals surface area contributed by atoms with Crippen LogP contribution in [0.2, 0.25) is 0 Å². The molecule has 0 spiro atoms. The summed E-state index contributed by atoms with van der Waals surface area (Å²) < 4.78 is 7.40. The van der Waals surface area contributed by atoms with Crippen molar-refractivity contribution in [3.63, 3.8) is 0 Å². The fourth-order valence-corrected chi connectivity index (χ4v) is 4.56. The van der Waals surface area contributed by atoms with Crippen molar-refractivity contribution in [2.45, 2.75) is 32.4 Å². The molecular formula is C27H32N6O2. The molecule has 8 nitrogen and oxygen atoms in total. The molecule has 0 aliphatic carbocycles. The summed E-state index contributed by atoms with van der Waals surface area (Å²) >= 11 is 0. The number of unbranched alkanes of at least 4 members (excludes halogenated alkanes) is 1. The first-order valence-corrected chi connectivity index (χ1v) is 12.3. The van der Waals surface area contributed by atoms with Crippen molar-refractivity contribution in [2.75, 3.05) is 32.8 Å². The Morgan fingerprint density at radius 2 is 1.80 bits per heavy atom. The molecule has 8 heteroatoms. The number of aryl methyl sites for hydroxylation is 1. The highest BCUT2D eigenvalue weighted by molar-refractivity contribution is 5.88. The number of rotatable bonds is 9. The highest BCUT2D eigenvalue weighted by atomic mass is 16.5. The molecule has 3 N–H and O–H groups in total. The highest BCUT2D eigenvalue weighted by Gasteiger charge is 2.17. The molecule has 4 aromatic rings. The van der Waals surface area contributed by atoms with Gasteiger partial charge in [-0.3, -0.25) is 9.88 Å². The molecule has 182 valence electrons. The molecule has 5 rings (SSSR count). The van der Waals surface area contributed by atoms with Crippen molar-refractivity contribution in [3.8, 4) is 17.1 Å². The van der Waals surface area contributed by atoms with Crippen molar-refractivity contribution in [3.05, 3.63) is 71.7 Å². The summed E-state index contributed by atoms with van der Waals surface area (Å²) in [5.74, 6) is 0.685. The number of nitrogens with zero attached hydrogens (tertiary/aromatic N) is 5. The standard InChI is InChI=1S/C27H32N6O2/c28-10-2-1-5-22-6-3-8-25(30-22)20-15-21(18-32-11-13-35-14-12-32)24-17-29-33(26(24)16-20)27-9-4-7-23(19-34)31-27/h3-4,6-9,15-17,34H,1-2,5,10-14,18-19,28H2. The summed E-state index contributed by atoms with van der Waals surface area (Å²) in [6, 6.07) is 16.2. The van der Waals surface area contributed by atoms with Gasteiger partial charge in [-0.15, -0.1) is 0 Å². The van der Waals surface area contributed by atoms with Gasteiger partial charge in [0.25, 0.3) is 0 Å². The molecular weight excluding hydrogens is 440 g/mol. The smallest absolute Gasteiger partial charge is 0.154 e. The minimum atomic E-state index is -0.110. The van der Waals surface area contributed by atoms with Gasteiger partial charge in [0.2, 0.25) is 0 Å². The molecule has 0 bridgehead atoms. The van der Waals surface area contributed by atoms with Crippen LogP contribution in [0, 0.1) is 0 Å². The van der Waals surface area contributed by atoms with E-state index in [0.29, 0.717) is 18.1 Å². The largest absolute Gasteiger partial charge is 0.390 e. The first-order valence-electron chi connectivity index (χ1n) is 12.3. The zero-order valence-electron chi connectivity index (χ0n) is 19.9. The number of ether oxygens (including phenoxy) is 1. The molecule has 1 aromatic carbocycles. The molecule has 1 fully saturated rings. The van der Waals surface area contributed by atoms with Crippen molar-refractivity contribution in [2.24, 2.45) is 5.73 Å². The lowest BCUT2D eigenvalue weighted by Gasteiger charge is -2.27. The minimum Gasteiger partial charge on any atom is -0.390 e. The van der Waals surface area contributed by atoms with Crippen LogP contribution in [0.1, 0.15) is 29.8 Å². The summed E-state index contributed by atoms with van der Waals surface area (Å²) in [6.07, 6.45) is 4.87. The zero-order valence-corrected chi connectivity index (χ0v) is 19.9. The number of fused-ring (bicyclic) bond motifs is 1. The lowest BCUT2D eigenvalue weighted by atomic mass is 10.0. The fraction of sp³-hybridized carbons (Fsp3) is 0.370. The molecule has 35 heavy (non-hydrogen) atoms. The molecule has 0 unspecified atom stereocenters. The van der Waals surface area contributed by atoms with Crippen LogP contribution in [-0.4, -0.2) is 62.6 Å². The van der Waals surface area contributed by atoms with E-state index >= 15 is 0 Å². The van der Waals surface area contributed by atoms with Gasteiger partial charge in [0.1, 0.15) is 0 Å². The summed E-state index contributed by atoms with van der Waals surface area (Å²) in [4.78, 5) is 12.0. The first-order chi connectivity index (χ1) is 17.2. The van der Waals surface area contributed by atoms with E-state index in [1.54, 1.807) is 0 Å². The summed E-state index contributed by atoms with van der Waals surface area (Å²) in [5, 5.41) is 15.4. The SMILES string of the molecule is NCCCCc1cccc(-c2cc(CN3CCOCC3)c3cnn(-c4cccc(CO)n4)c3c2)n1. The quantitative estimate of drug-likeness (QED) is 0.361. The Hall–Kier alpha value is -3.17. The van der Waals surface area contributed by atoms with Gasteiger partial charge in [0.15, 0.2) is 5.82 Å². The third kappa shape index (κ3) is 5.41. The van der Waals surface area contributed by atoms with Crippen LogP contribution in [0.3, 0.4) is 0 Å². The van der Waals surface area contributed by atoms with Gasteiger partial charge in [-0.2, -0.15) is 5.10 Å². The third-order valence-corrected chi connectivity index (χ3v) is 6.43. The first kappa shape index (κ1) is 23.6. The molecule has 1 aliphatic heterocycles. The van der Waals surface area contributed by atoms with Gasteiger partial charge < -0.3 is 15.6 Å². The summed E-state index contributed by atoms with van der Waals surface area (Å²) in [7, 11) is 0. The minimum absolute atomic E-state index is 0.110. The number of aliphatic hydroxyl groups excluding tert-OH is 1. The van der Waals surface area contributed by atoms with Gasteiger partial charge in [-0.1, -0.05) is 12.1 Å². The number of aliphatic hydroxyl groups is 1. The normalized spacial score (nSPS) is 14.6. The third-order valence-electron chi connectivity index (χ3n) is 6.43. The number of hydrogen-bond donors (Lipinski definition) is 2. The van der Waals surface area contributed by atoms with Crippen LogP contribution >= 0.6 is 0 Å². The number of nitrogens with two attached hydrogens (primary N) is 1. The number of morpholine rings is 1. The summed E-state index contributed by atoms with van der Waals surface area (Å²) in [5.41, 5.74) is 11.6. The van der Waals surface area contributed by atoms with E-state index < -0.39 is 0 Å². The average molecular weight is 473 g/mol. The van der Waals surface area contributed by atoms with Crippen molar-refractivity contribution >= 4 is 10.9 Å². The highest BCUT2D eigenvalue weighted by Crippen LogP contribution is 2.30. The van der Waals surface area contributed by atoms with Crippen molar-refractivity contribution in [1.29, 1.82) is 0 Å². The topological polar surface area (TPSA) is 102 Å². The van der Waals surface area contributed by atoms with Gasteiger partial charge in [-0.05, 0) is 67.8 Å². The number of hydrogen-bond acceptors (Lipinski definition) is 7. The van der Waals surface area contributed by atoms with Crippen molar-refractivity contribution < 1.29 is 9.84 Å². The Bertz CT molecular complexity index is 1280. The maximum absolute atomic E-state index is 9.57. The van der Waals surface area contributed by atoms with E-state index in [2.05, 4.69) is 40.2 Å². The van der Waals surface area contributed by atoms with E-state index in [-0.39, 0.29) is 6.61 Å². The van der Waals surface area contributed by atoms with Gasteiger partial charge >= 0.3 is 0 Å². The van der Waals surface area contributed by atoms with E-state index in [4.69, 9.17) is 20.6 Å². The Kier molecular flexibility index (Phi) is 7.44. The molecule has 1 saturated heterocycles. The average Bonchev–Trinajstić information content (AvgIpc) is 3.34. The zero-order chi connectivity index (χ0) is 24.0. The maximum atomic E-state index is 9.57. The van der Waals surface area contributed by atoms with Crippen LogP contribution in [0.25, 0.3) is 28.0 Å². The van der Waals surface area contributed by atoms with Crippen LogP contribution in [-0.2, 0) is 24.3 Å². The van der Waals surface area contributed by atoms with Crippen LogP contribution in [0.5, 0.6) is 0 Å².